The van der Waals surface area contributed by atoms with E-state index in [1.54, 1.807) is 14.0 Å². The molecule has 3 aromatic rings. The molecule has 0 unspecified atom stereocenters. The minimum atomic E-state index is -0.456. The monoisotopic (exact) mass is 424 g/mol. The smallest absolute Gasteiger partial charge is 0.341 e. The molecule has 7 heteroatoms. The van der Waals surface area contributed by atoms with Crippen molar-refractivity contribution in [2.45, 2.75) is 13.8 Å². The highest BCUT2D eigenvalue weighted by Gasteiger charge is 2.22. The standard InChI is InChI=1S/C23H24N2O4S/c1-4-29-23(27)21-17(16-11-9-15(2)10-12-16)14-30-22(21)25-20(26)13-24-18-7-5-6-8-19(18)28-3/h5-12,14,24H,4,13H2,1-3H3,(H,25,26). The van der Waals surface area contributed by atoms with Crippen LogP contribution < -0.4 is 15.4 Å². The Labute approximate surface area is 179 Å². The van der Waals surface area contributed by atoms with Crippen LogP contribution >= 0.6 is 11.3 Å². The molecule has 2 N–H and O–H groups in total. The van der Waals surface area contributed by atoms with Crippen molar-refractivity contribution in [1.82, 2.24) is 0 Å². The first kappa shape index (κ1) is 21.4. The lowest BCUT2D eigenvalue weighted by molar-refractivity contribution is -0.114. The lowest BCUT2D eigenvalue weighted by Gasteiger charge is -2.12. The fourth-order valence-electron chi connectivity index (χ4n) is 2.94. The maximum Gasteiger partial charge on any atom is 0.341 e. The van der Waals surface area contributed by atoms with Gasteiger partial charge in [-0.25, -0.2) is 4.79 Å². The van der Waals surface area contributed by atoms with Gasteiger partial charge in [-0.2, -0.15) is 0 Å². The second-order valence-electron chi connectivity index (χ2n) is 6.54. The van der Waals surface area contributed by atoms with Gasteiger partial charge in [0.25, 0.3) is 0 Å². The van der Waals surface area contributed by atoms with E-state index >= 15 is 0 Å². The maximum absolute atomic E-state index is 12.6. The minimum absolute atomic E-state index is 0.0282. The third-order valence-electron chi connectivity index (χ3n) is 4.43. The van der Waals surface area contributed by atoms with E-state index in [0.29, 0.717) is 22.0 Å². The third kappa shape index (κ3) is 4.99. The molecule has 1 amide bonds. The largest absolute Gasteiger partial charge is 0.495 e. The van der Waals surface area contributed by atoms with Crippen molar-refractivity contribution in [2.24, 2.45) is 0 Å². The SMILES string of the molecule is CCOC(=O)c1c(-c2ccc(C)cc2)csc1NC(=O)CNc1ccccc1OC. The normalized spacial score (nSPS) is 10.4. The van der Waals surface area contributed by atoms with Gasteiger partial charge in [-0.15, -0.1) is 11.3 Å². The van der Waals surface area contributed by atoms with Crippen molar-refractivity contribution in [3.05, 3.63) is 65.0 Å². The molecule has 0 spiro atoms. The second kappa shape index (κ2) is 9.93. The van der Waals surface area contributed by atoms with Crippen LogP contribution in [-0.4, -0.2) is 32.1 Å². The third-order valence-corrected chi connectivity index (χ3v) is 5.33. The number of carbonyl (C=O) groups excluding carboxylic acids is 2. The molecule has 30 heavy (non-hydrogen) atoms. The van der Waals surface area contributed by atoms with Crippen LogP contribution in [0, 0.1) is 6.92 Å². The highest BCUT2D eigenvalue weighted by Crippen LogP contribution is 2.36. The number of thiophene rings is 1. The number of nitrogens with one attached hydrogen (secondary N) is 2. The predicted octanol–water partition coefficient (Wildman–Crippen LogP) is 4.96. The number of benzene rings is 2. The number of anilines is 2. The number of esters is 1. The molecule has 1 aromatic heterocycles. The summed E-state index contributed by atoms with van der Waals surface area (Å²) in [5, 5.41) is 8.22. The molecule has 0 aliphatic heterocycles. The Morgan fingerprint density at radius 1 is 1.07 bits per heavy atom. The van der Waals surface area contributed by atoms with Crippen LogP contribution in [0.2, 0.25) is 0 Å². The number of methoxy groups -OCH3 is 1. The van der Waals surface area contributed by atoms with Gasteiger partial charge in [-0.05, 0) is 31.5 Å². The van der Waals surface area contributed by atoms with E-state index in [2.05, 4.69) is 10.6 Å². The minimum Gasteiger partial charge on any atom is -0.495 e. The fraction of sp³-hybridized carbons (Fsp3) is 0.217. The molecule has 0 aliphatic rings. The number of carbonyl (C=O) groups is 2. The summed E-state index contributed by atoms with van der Waals surface area (Å²) in [5.74, 6) is -0.0821. The Hall–Kier alpha value is -3.32. The Morgan fingerprint density at radius 2 is 1.80 bits per heavy atom. The van der Waals surface area contributed by atoms with Crippen molar-refractivity contribution in [1.29, 1.82) is 0 Å². The molecule has 1 heterocycles. The Morgan fingerprint density at radius 3 is 2.50 bits per heavy atom. The van der Waals surface area contributed by atoms with Crippen LogP contribution in [-0.2, 0) is 9.53 Å². The zero-order valence-electron chi connectivity index (χ0n) is 17.2. The average Bonchev–Trinajstić information content (AvgIpc) is 3.16. The summed E-state index contributed by atoms with van der Waals surface area (Å²) < 4.78 is 10.5. The molecule has 6 nitrogen and oxygen atoms in total. The van der Waals surface area contributed by atoms with E-state index < -0.39 is 5.97 Å². The molecule has 0 bridgehead atoms. The van der Waals surface area contributed by atoms with Gasteiger partial charge in [-0.1, -0.05) is 42.0 Å². The Kier molecular flexibility index (Phi) is 7.08. The van der Waals surface area contributed by atoms with E-state index in [0.717, 1.165) is 16.7 Å². The van der Waals surface area contributed by atoms with E-state index in [1.807, 2.05) is 60.8 Å². The molecule has 0 saturated carbocycles. The number of ether oxygens (including phenoxy) is 2. The lowest BCUT2D eigenvalue weighted by atomic mass is 10.0. The van der Waals surface area contributed by atoms with Crippen molar-refractivity contribution >= 4 is 33.9 Å². The number of amides is 1. The molecule has 0 atom stereocenters. The molecule has 0 fully saturated rings. The topological polar surface area (TPSA) is 76.7 Å². The molecule has 0 aliphatic carbocycles. The highest BCUT2D eigenvalue weighted by molar-refractivity contribution is 7.15. The first-order chi connectivity index (χ1) is 14.5. The fourth-order valence-corrected chi connectivity index (χ4v) is 3.91. The van der Waals surface area contributed by atoms with Crippen LogP contribution in [0.15, 0.2) is 53.9 Å². The number of aryl methyl sites for hydroxylation is 1. The first-order valence-corrected chi connectivity index (χ1v) is 10.4. The van der Waals surface area contributed by atoms with Gasteiger partial charge in [-0.3, -0.25) is 4.79 Å². The second-order valence-corrected chi connectivity index (χ2v) is 7.42. The van der Waals surface area contributed by atoms with E-state index in [4.69, 9.17) is 9.47 Å². The summed E-state index contributed by atoms with van der Waals surface area (Å²) >= 11 is 1.30. The highest BCUT2D eigenvalue weighted by atomic mass is 32.1. The molecule has 2 aromatic carbocycles. The summed E-state index contributed by atoms with van der Waals surface area (Å²) in [4.78, 5) is 25.2. The van der Waals surface area contributed by atoms with Crippen LogP contribution in [0.1, 0.15) is 22.8 Å². The average molecular weight is 425 g/mol. The van der Waals surface area contributed by atoms with Gasteiger partial charge in [0.15, 0.2) is 0 Å². The summed E-state index contributed by atoms with van der Waals surface area (Å²) in [6, 6.07) is 15.2. The van der Waals surface area contributed by atoms with Crippen molar-refractivity contribution in [2.75, 3.05) is 30.9 Å². The van der Waals surface area contributed by atoms with E-state index in [-0.39, 0.29) is 19.1 Å². The van der Waals surface area contributed by atoms with Gasteiger partial charge in [0.2, 0.25) is 5.91 Å². The number of para-hydroxylation sites is 2. The molecule has 0 radical (unpaired) electrons. The first-order valence-electron chi connectivity index (χ1n) is 9.55. The number of hydrogen-bond donors (Lipinski definition) is 2. The lowest BCUT2D eigenvalue weighted by Crippen LogP contribution is -2.22. The van der Waals surface area contributed by atoms with Gasteiger partial charge < -0.3 is 20.1 Å². The molecular weight excluding hydrogens is 400 g/mol. The van der Waals surface area contributed by atoms with Gasteiger partial charge in [0, 0.05) is 10.9 Å². The maximum atomic E-state index is 12.6. The summed E-state index contributed by atoms with van der Waals surface area (Å²) in [7, 11) is 1.57. The molecule has 156 valence electrons. The van der Waals surface area contributed by atoms with E-state index in [1.165, 1.54) is 11.3 Å². The van der Waals surface area contributed by atoms with Crippen molar-refractivity contribution < 1.29 is 19.1 Å². The Balaban J connectivity index is 1.80. The zero-order valence-corrected chi connectivity index (χ0v) is 18.0. The Bertz CT molecular complexity index is 1030. The van der Waals surface area contributed by atoms with E-state index in [9.17, 15) is 9.59 Å². The van der Waals surface area contributed by atoms with Crippen LogP contribution in [0.5, 0.6) is 5.75 Å². The van der Waals surface area contributed by atoms with Crippen molar-refractivity contribution in [3.63, 3.8) is 0 Å². The van der Waals surface area contributed by atoms with Gasteiger partial charge in [0.05, 0.1) is 25.9 Å². The predicted molar refractivity (Wildman–Crippen MR) is 121 cm³/mol. The molecular formula is C23H24N2O4S. The molecule has 0 saturated heterocycles. The van der Waals surface area contributed by atoms with Gasteiger partial charge >= 0.3 is 5.97 Å². The number of rotatable bonds is 8. The van der Waals surface area contributed by atoms with Crippen LogP contribution in [0.25, 0.3) is 11.1 Å². The molecule has 3 rings (SSSR count). The van der Waals surface area contributed by atoms with Crippen LogP contribution in [0.4, 0.5) is 10.7 Å². The summed E-state index contributed by atoms with van der Waals surface area (Å²) in [6.45, 7) is 4.04. The summed E-state index contributed by atoms with van der Waals surface area (Å²) in [6.07, 6.45) is 0. The number of hydrogen-bond acceptors (Lipinski definition) is 6. The van der Waals surface area contributed by atoms with Gasteiger partial charge in [0.1, 0.15) is 16.3 Å². The zero-order chi connectivity index (χ0) is 21.5. The van der Waals surface area contributed by atoms with Crippen molar-refractivity contribution in [3.8, 4) is 16.9 Å². The quantitative estimate of drug-likeness (QED) is 0.500. The summed E-state index contributed by atoms with van der Waals surface area (Å²) in [5.41, 5.74) is 3.85. The van der Waals surface area contributed by atoms with Crippen LogP contribution in [0.3, 0.4) is 0 Å².